The molecular formula is C24H25NO6. The summed E-state index contributed by atoms with van der Waals surface area (Å²) in [5.41, 5.74) is 1.22. The predicted molar refractivity (Wildman–Crippen MR) is 117 cm³/mol. The van der Waals surface area contributed by atoms with E-state index in [-0.39, 0.29) is 5.75 Å². The molecule has 1 amide bonds. The van der Waals surface area contributed by atoms with Crippen molar-refractivity contribution in [3.8, 4) is 16.9 Å². The first-order chi connectivity index (χ1) is 14.5. The lowest BCUT2D eigenvalue weighted by Gasteiger charge is -2.21. The van der Waals surface area contributed by atoms with Gasteiger partial charge in [-0.3, -0.25) is 0 Å². The van der Waals surface area contributed by atoms with Gasteiger partial charge in [0.25, 0.3) is 0 Å². The number of rotatable bonds is 4. The summed E-state index contributed by atoms with van der Waals surface area (Å²) in [6, 6.07) is 13.1. The lowest BCUT2D eigenvalue weighted by molar-refractivity contribution is -0.136. The number of carbonyl (C=O) groups is 2. The van der Waals surface area contributed by atoms with Crippen LogP contribution in [0.3, 0.4) is 0 Å². The first kappa shape index (κ1) is 22.1. The van der Waals surface area contributed by atoms with Crippen LogP contribution in [-0.2, 0) is 9.53 Å². The molecule has 0 radical (unpaired) electrons. The average Bonchev–Trinajstić information content (AvgIpc) is 2.65. The number of fused-ring (bicyclic) bond motifs is 1. The lowest BCUT2D eigenvalue weighted by atomic mass is 10.0. The predicted octanol–water partition coefficient (Wildman–Crippen LogP) is 4.59. The topological polar surface area (TPSA) is 94.8 Å². The number of esters is 1. The normalized spacial score (nSPS) is 12.3. The van der Waals surface area contributed by atoms with Gasteiger partial charge in [-0.2, -0.15) is 0 Å². The summed E-state index contributed by atoms with van der Waals surface area (Å²) >= 11 is 0. The molecule has 3 rings (SSSR count). The maximum absolute atomic E-state index is 12.7. The molecule has 0 saturated carbocycles. The Balaban J connectivity index is 1.98. The molecule has 0 unspecified atom stereocenters. The van der Waals surface area contributed by atoms with Crippen LogP contribution in [0.1, 0.15) is 33.3 Å². The Labute approximate surface area is 180 Å². The first-order valence-electron chi connectivity index (χ1n) is 9.88. The second-order valence-corrected chi connectivity index (χ2v) is 8.27. The molecule has 162 valence electrons. The van der Waals surface area contributed by atoms with Gasteiger partial charge in [0.15, 0.2) is 0 Å². The molecule has 3 aromatic rings. The molecule has 1 N–H and O–H groups in total. The fourth-order valence-corrected chi connectivity index (χ4v) is 3.06. The van der Waals surface area contributed by atoms with Crippen LogP contribution < -0.4 is 15.7 Å². The fourth-order valence-electron chi connectivity index (χ4n) is 3.06. The molecular weight excluding hydrogens is 398 g/mol. The summed E-state index contributed by atoms with van der Waals surface area (Å²) in [5.74, 6) is -0.441. The number of alkyl carbamates (subject to hydrolysis) is 1. The minimum absolute atomic E-state index is 0.237. The zero-order valence-electron chi connectivity index (χ0n) is 18.1. The number of ether oxygens (including phenoxy) is 2. The third-order valence-corrected chi connectivity index (χ3v) is 4.33. The number of hydrogen-bond donors (Lipinski definition) is 1. The number of nitrogens with one attached hydrogen (secondary N) is 1. The first-order valence-corrected chi connectivity index (χ1v) is 9.88. The smallest absolute Gasteiger partial charge is 0.408 e. The maximum Gasteiger partial charge on any atom is 0.408 e. The lowest BCUT2D eigenvalue weighted by Crippen LogP contribution is -2.43. The van der Waals surface area contributed by atoms with Crippen LogP contribution in [0.15, 0.2) is 57.7 Å². The Kier molecular flexibility index (Phi) is 6.15. The Morgan fingerprint density at radius 1 is 1.06 bits per heavy atom. The Hall–Kier alpha value is -3.61. The van der Waals surface area contributed by atoms with E-state index in [4.69, 9.17) is 13.9 Å². The average molecular weight is 423 g/mol. The molecule has 2 aromatic carbocycles. The summed E-state index contributed by atoms with van der Waals surface area (Å²) in [7, 11) is 0. The van der Waals surface area contributed by atoms with Crippen molar-refractivity contribution in [1.29, 1.82) is 0 Å². The van der Waals surface area contributed by atoms with Gasteiger partial charge in [-0.1, -0.05) is 30.3 Å². The zero-order chi connectivity index (χ0) is 22.8. The fraction of sp³-hybridized carbons (Fsp3) is 0.292. The van der Waals surface area contributed by atoms with Gasteiger partial charge in [0.2, 0.25) is 0 Å². The Bertz CT molecular complexity index is 1170. The molecule has 0 aliphatic carbocycles. The number of aryl methyl sites for hydroxylation is 1. The second-order valence-electron chi connectivity index (χ2n) is 8.27. The minimum Gasteiger partial charge on any atom is -0.444 e. The van der Waals surface area contributed by atoms with E-state index >= 15 is 0 Å². The number of benzene rings is 2. The summed E-state index contributed by atoms with van der Waals surface area (Å²) in [4.78, 5) is 36.8. The molecule has 0 spiro atoms. The van der Waals surface area contributed by atoms with Crippen molar-refractivity contribution in [3.63, 3.8) is 0 Å². The quantitative estimate of drug-likeness (QED) is 0.375. The molecule has 0 fully saturated rings. The minimum atomic E-state index is -0.957. The van der Waals surface area contributed by atoms with Crippen LogP contribution in [0, 0.1) is 6.92 Å². The third kappa shape index (κ3) is 5.51. The maximum atomic E-state index is 12.7. The highest BCUT2D eigenvalue weighted by Crippen LogP contribution is 2.35. The van der Waals surface area contributed by atoms with Gasteiger partial charge < -0.3 is 19.2 Å². The third-order valence-electron chi connectivity index (χ3n) is 4.33. The highest BCUT2D eigenvalue weighted by Gasteiger charge is 2.24. The van der Waals surface area contributed by atoms with E-state index in [1.165, 1.54) is 13.0 Å². The van der Waals surface area contributed by atoms with Crippen LogP contribution in [0.4, 0.5) is 4.79 Å². The van der Waals surface area contributed by atoms with Gasteiger partial charge in [0.1, 0.15) is 23.0 Å². The van der Waals surface area contributed by atoms with Crippen molar-refractivity contribution in [2.45, 2.75) is 46.3 Å². The largest absolute Gasteiger partial charge is 0.444 e. The number of carbonyl (C=O) groups excluding carboxylic acids is 2. The van der Waals surface area contributed by atoms with Crippen LogP contribution in [0.5, 0.6) is 5.75 Å². The van der Waals surface area contributed by atoms with Crippen LogP contribution in [0.2, 0.25) is 0 Å². The molecule has 0 aliphatic rings. The van der Waals surface area contributed by atoms with Gasteiger partial charge in [-0.25, -0.2) is 14.4 Å². The second kappa shape index (κ2) is 8.63. The van der Waals surface area contributed by atoms with Crippen molar-refractivity contribution in [2.24, 2.45) is 0 Å². The van der Waals surface area contributed by atoms with Crippen LogP contribution in [0.25, 0.3) is 22.1 Å². The van der Waals surface area contributed by atoms with Crippen molar-refractivity contribution in [2.75, 3.05) is 0 Å². The van der Waals surface area contributed by atoms with E-state index in [1.54, 1.807) is 39.8 Å². The van der Waals surface area contributed by atoms with Crippen molar-refractivity contribution >= 4 is 23.0 Å². The van der Waals surface area contributed by atoms with Gasteiger partial charge in [0, 0.05) is 11.6 Å². The monoisotopic (exact) mass is 423 g/mol. The van der Waals surface area contributed by atoms with E-state index < -0.39 is 29.3 Å². The molecule has 1 aromatic heterocycles. The van der Waals surface area contributed by atoms with E-state index in [9.17, 15) is 14.4 Å². The number of hydrogen-bond acceptors (Lipinski definition) is 6. The summed E-state index contributed by atoms with van der Waals surface area (Å²) in [5, 5.41) is 2.96. The Morgan fingerprint density at radius 3 is 2.39 bits per heavy atom. The summed E-state index contributed by atoms with van der Waals surface area (Å²) in [6.45, 7) is 8.49. The molecule has 0 bridgehead atoms. The SMILES string of the molecule is Cc1cc(OC(=O)[C@@H](C)NC(=O)OC(C)(C)C)c2c(-c3ccccc3)cc(=O)oc2c1. The van der Waals surface area contributed by atoms with Crippen LogP contribution in [-0.4, -0.2) is 23.7 Å². The van der Waals surface area contributed by atoms with E-state index in [0.717, 1.165) is 11.1 Å². The van der Waals surface area contributed by atoms with Crippen molar-refractivity contribution < 1.29 is 23.5 Å². The zero-order valence-corrected chi connectivity index (χ0v) is 18.1. The van der Waals surface area contributed by atoms with Gasteiger partial charge in [-0.15, -0.1) is 0 Å². The van der Waals surface area contributed by atoms with Crippen molar-refractivity contribution in [3.05, 3.63) is 64.5 Å². The highest BCUT2D eigenvalue weighted by atomic mass is 16.6. The standard InChI is InChI=1S/C24H25NO6/c1-14-11-18-21(17(13-20(26)29-18)16-9-7-6-8-10-16)19(12-14)30-22(27)15(2)25-23(28)31-24(3,4)5/h6-13,15H,1-5H3,(H,25,28)/t15-/m1/s1. The summed E-state index contributed by atoms with van der Waals surface area (Å²) in [6.07, 6.45) is -0.720. The van der Waals surface area contributed by atoms with Gasteiger partial charge in [0.05, 0.1) is 5.39 Å². The number of amides is 1. The Morgan fingerprint density at radius 2 is 1.74 bits per heavy atom. The molecule has 0 aliphatic heterocycles. The molecule has 1 atom stereocenters. The molecule has 31 heavy (non-hydrogen) atoms. The van der Waals surface area contributed by atoms with E-state index in [0.29, 0.717) is 16.5 Å². The molecule has 0 saturated heterocycles. The van der Waals surface area contributed by atoms with E-state index in [2.05, 4.69) is 5.32 Å². The summed E-state index contributed by atoms with van der Waals surface area (Å²) < 4.78 is 16.2. The highest BCUT2D eigenvalue weighted by molar-refractivity contribution is 5.99. The van der Waals surface area contributed by atoms with Gasteiger partial charge in [-0.05, 0) is 57.9 Å². The molecule has 7 heteroatoms. The van der Waals surface area contributed by atoms with E-state index in [1.807, 2.05) is 30.3 Å². The molecule has 7 nitrogen and oxygen atoms in total. The van der Waals surface area contributed by atoms with Gasteiger partial charge >= 0.3 is 17.7 Å². The molecule has 1 heterocycles. The van der Waals surface area contributed by atoms with Crippen LogP contribution >= 0.6 is 0 Å². The van der Waals surface area contributed by atoms with Crippen molar-refractivity contribution in [1.82, 2.24) is 5.32 Å².